The Morgan fingerprint density at radius 2 is 1.93 bits per heavy atom. The predicted octanol–water partition coefficient (Wildman–Crippen LogP) is 4.69. The van der Waals surface area contributed by atoms with Crippen LogP contribution in [0.3, 0.4) is 0 Å². The molecule has 0 spiro atoms. The third-order valence-corrected chi connectivity index (χ3v) is 5.97. The highest BCUT2D eigenvalue weighted by atomic mass is 35.5. The van der Waals surface area contributed by atoms with Crippen LogP contribution in [0, 0.1) is 12.7 Å². The van der Waals surface area contributed by atoms with Crippen molar-refractivity contribution in [3.8, 4) is 22.8 Å². The smallest absolute Gasteiger partial charge is 0.294 e. The summed E-state index contributed by atoms with van der Waals surface area (Å²) in [6, 6.07) is 9.75. The van der Waals surface area contributed by atoms with E-state index >= 15 is 0 Å². The summed E-state index contributed by atoms with van der Waals surface area (Å²) < 4.78 is 26.9. The molecule has 2 heterocycles. The van der Waals surface area contributed by atoms with Gasteiger partial charge >= 0.3 is 0 Å². The van der Waals surface area contributed by atoms with E-state index in [1.807, 2.05) is 13.0 Å². The summed E-state index contributed by atoms with van der Waals surface area (Å²) in [4.78, 5) is 17.4. The highest BCUT2D eigenvalue weighted by Gasteiger charge is 2.19. The van der Waals surface area contributed by atoms with E-state index in [1.165, 1.54) is 28.2 Å². The van der Waals surface area contributed by atoms with Crippen molar-refractivity contribution in [2.24, 2.45) is 0 Å². The number of hydrogen-bond acceptors (Lipinski definition) is 6. The summed E-state index contributed by atoms with van der Waals surface area (Å²) in [5, 5.41) is 5.50. The van der Waals surface area contributed by atoms with Crippen LogP contribution in [0.5, 0.6) is 11.5 Å². The molecule has 0 saturated carbocycles. The highest BCUT2D eigenvalue weighted by molar-refractivity contribution is 7.19. The SMILES string of the molecule is COc1ccc(-c2nn(Cc3c(F)cccc3Cl)c(=O)c3nc(C)sc23)cc1OC. The Labute approximate surface area is 180 Å². The van der Waals surface area contributed by atoms with Gasteiger partial charge < -0.3 is 9.47 Å². The summed E-state index contributed by atoms with van der Waals surface area (Å²) in [5.74, 6) is 0.601. The minimum absolute atomic E-state index is 0.114. The van der Waals surface area contributed by atoms with Crippen molar-refractivity contribution in [3.05, 3.63) is 68.2 Å². The zero-order valence-corrected chi connectivity index (χ0v) is 18.0. The molecule has 154 valence electrons. The van der Waals surface area contributed by atoms with Crippen molar-refractivity contribution in [1.82, 2.24) is 14.8 Å². The number of rotatable bonds is 5. The fourth-order valence-electron chi connectivity index (χ4n) is 3.18. The lowest BCUT2D eigenvalue weighted by Gasteiger charge is -2.12. The Morgan fingerprint density at radius 3 is 2.63 bits per heavy atom. The number of benzene rings is 2. The molecular formula is C21H17ClFN3O3S. The Bertz CT molecular complexity index is 1300. The third kappa shape index (κ3) is 3.53. The minimum atomic E-state index is -0.501. The molecule has 2 aromatic carbocycles. The van der Waals surface area contributed by atoms with E-state index in [2.05, 4.69) is 10.1 Å². The van der Waals surface area contributed by atoms with Crippen LogP contribution >= 0.6 is 22.9 Å². The van der Waals surface area contributed by atoms with Gasteiger partial charge in [-0.3, -0.25) is 4.79 Å². The van der Waals surface area contributed by atoms with Crippen molar-refractivity contribution < 1.29 is 13.9 Å². The molecule has 0 N–H and O–H groups in total. The van der Waals surface area contributed by atoms with Gasteiger partial charge in [0.1, 0.15) is 11.5 Å². The van der Waals surface area contributed by atoms with E-state index in [0.717, 1.165) is 10.6 Å². The van der Waals surface area contributed by atoms with Gasteiger partial charge in [-0.25, -0.2) is 14.1 Å². The second kappa shape index (κ2) is 8.04. The molecule has 30 heavy (non-hydrogen) atoms. The number of halogens is 2. The van der Waals surface area contributed by atoms with Crippen LogP contribution in [0.2, 0.25) is 5.02 Å². The number of hydrogen-bond donors (Lipinski definition) is 0. The molecule has 0 aliphatic carbocycles. The number of aryl methyl sites for hydroxylation is 1. The van der Waals surface area contributed by atoms with Crippen molar-refractivity contribution in [3.63, 3.8) is 0 Å². The van der Waals surface area contributed by atoms with Crippen molar-refractivity contribution in [2.45, 2.75) is 13.5 Å². The molecule has 0 saturated heterocycles. The maximum atomic E-state index is 14.3. The highest BCUT2D eigenvalue weighted by Crippen LogP contribution is 2.35. The van der Waals surface area contributed by atoms with E-state index in [1.54, 1.807) is 32.4 Å². The van der Waals surface area contributed by atoms with Crippen LogP contribution in [0.15, 0.2) is 41.2 Å². The molecule has 6 nitrogen and oxygen atoms in total. The van der Waals surface area contributed by atoms with Crippen molar-refractivity contribution in [2.75, 3.05) is 14.2 Å². The molecule has 0 radical (unpaired) electrons. The first-order chi connectivity index (χ1) is 14.4. The maximum absolute atomic E-state index is 14.3. The first kappa shape index (κ1) is 20.3. The minimum Gasteiger partial charge on any atom is -0.493 e. The molecule has 0 aliphatic heterocycles. The zero-order valence-electron chi connectivity index (χ0n) is 16.4. The molecule has 4 aromatic rings. The summed E-state index contributed by atoms with van der Waals surface area (Å²) in [7, 11) is 3.10. The van der Waals surface area contributed by atoms with Gasteiger partial charge in [0.25, 0.3) is 5.56 Å². The van der Waals surface area contributed by atoms with Gasteiger partial charge in [-0.2, -0.15) is 5.10 Å². The first-order valence-corrected chi connectivity index (χ1v) is 10.2. The van der Waals surface area contributed by atoms with Crippen LogP contribution in [-0.2, 0) is 6.54 Å². The number of nitrogens with zero attached hydrogens (tertiary/aromatic N) is 3. The zero-order chi connectivity index (χ0) is 21.4. The normalized spacial score (nSPS) is 11.1. The average Bonchev–Trinajstić information content (AvgIpc) is 3.13. The Kier molecular flexibility index (Phi) is 5.44. The lowest BCUT2D eigenvalue weighted by Crippen LogP contribution is -2.25. The summed E-state index contributed by atoms with van der Waals surface area (Å²) in [5.41, 5.74) is 1.33. The third-order valence-electron chi connectivity index (χ3n) is 4.63. The molecule has 4 rings (SSSR count). The van der Waals surface area contributed by atoms with Crippen LogP contribution in [-0.4, -0.2) is 29.0 Å². The van der Waals surface area contributed by atoms with Gasteiger partial charge in [-0.05, 0) is 37.3 Å². The lowest BCUT2D eigenvalue weighted by molar-refractivity contribution is 0.355. The fourth-order valence-corrected chi connectivity index (χ4v) is 4.32. The molecule has 0 fully saturated rings. The lowest BCUT2D eigenvalue weighted by atomic mass is 10.1. The number of aromatic nitrogens is 3. The Hall–Kier alpha value is -2.97. The molecule has 0 aliphatic rings. The van der Waals surface area contributed by atoms with Gasteiger partial charge in [0.05, 0.1) is 30.5 Å². The van der Waals surface area contributed by atoms with E-state index in [9.17, 15) is 9.18 Å². The second-order valence-corrected chi connectivity index (χ2v) is 8.10. The van der Waals surface area contributed by atoms with Crippen molar-refractivity contribution in [1.29, 1.82) is 0 Å². The van der Waals surface area contributed by atoms with Crippen molar-refractivity contribution >= 4 is 33.2 Å². The monoisotopic (exact) mass is 445 g/mol. The van der Waals surface area contributed by atoms with Crippen LogP contribution < -0.4 is 15.0 Å². The molecule has 0 unspecified atom stereocenters. The van der Waals surface area contributed by atoms with E-state index in [-0.39, 0.29) is 22.6 Å². The Balaban J connectivity index is 1.94. The second-order valence-electron chi connectivity index (χ2n) is 6.49. The molecular weight excluding hydrogens is 429 g/mol. The molecule has 0 atom stereocenters. The van der Waals surface area contributed by atoms with Crippen LogP contribution in [0.1, 0.15) is 10.6 Å². The van der Waals surface area contributed by atoms with Gasteiger partial charge in [0.15, 0.2) is 17.0 Å². The number of fused-ring (bicyclic) bond motifs is 1. The first-order valence-electron chi connectivity index (χ1n) is 8.96. The topological polar surface area (TPSA) is 66.2 Å². The molecule has 2 aromatic heterocycles. The Morgan fingerprint density at radius 1 is 1.17 bits per heavy atom. The number of ether oxygens (including phenoxy) is 2. The molecule has 0 amide bonds. The number of thiazole rings is 1. The summed E-state index contributed by atoms with van der Waals surface area (Å²) >= 11 is 7.53. The van der Waals surface area contributed by atoms with Gasteiger partial charge in [-0.1, -0.05) is 17.7 Å². The quantitative estimate of drug-likeness (QED) is 0.446. The van der Waals surface area contributed by atoms with Crippen LogP contribution in [0.4, 0.5) is 4.39 Å². The summed E-state index contributed by atoms with van der Waals surface area (Å²) in [6.45, 7) is 1.71. The standard InChI is InChI=1S/C21H17ClFN3O3S/c1-11-24-19-20(30-11)18(12-7-8-16(28-2)17(9-12)29-3)25-26(21(19)27)10-13-14(22)5-4-6-15(13)23/h4-9H,10H2,1-3H3. The van der Waals surface area contributed by atoms with E-state index in [4.69, 9.17) is 21.1 Å². The van der Waals surface area contributed by atoms with Gasteiger partial charge in [-0.15, -0.1) is 11.3 Å². The number of methoxy groups -OCH3 is 2. The van der Waals surface area contributed by atoms with Gasteiger partial charge in [0, 0.05) is 16.1 Å². The average molecular weight is 446 g/mol. The molecule has 0 bridgehead atoms. The largest absolute Gasteiger partial charge is 0.493 e. The van der Waals surface area contributed by atoms with E-state index < -0.39 is 11.4 Å². The fraction of sp³-hybridized carbons (Fsp3) is 0.190. The maximum Gasteiger partial charge on any atom is 0.294 e. The van der Waals surface area contributed by atoms with Gasteiger partial charge in [0.2, 0.25) is 0 Å². The molecule has 9 heteroatoms. The van der Waals surface area contributed by atoms with E-state index in [0.29, 0.717) is 21.9 Å². The van der Waals surface area contributed by atoms with Crippen LogP contribution in [0.25, 0.3) is 21.5 Å². The summed E-state index contributed by atoms with van der Waals surface area (Å²) in [6.07, 6.45) is 0. The predicted molar refractivity (Wildman–Crippen MR) is 115 cm³/mol.